The van der Waals surface area contributed by atoms with Crippen molar-refractivity contribution in [1.82, 2.24) is 4.31 Å². The fraction of sp³-hybridized carbons (Fsp3) is 0.240. The van der Waals surface area contributed by atoms with E-state index >= 15 is 0 Å². The molecule has 0 aliphatic heterocycles. The summed E-state index contributed by atoms with van der Waals surface area (Å²) in [5, 5.41) is 9.01. The van der Waals surface area contributed by atoms with Gasteiger partial charge < -0.3 is 14.6 Å². The number of ether oxygens (including phenoxy) is 2. The first-order chi connectivity index (χ1) is 16.5. The fourth-order valence-corrected chi connectivity index (χ4v) is 4.51. The van der Waals surface area contributed by atoms with Gasteiger partial charge in [-0.1, -0.05) is 6.07 Å². The molecule has 0 amide bonds. The Balaban J connectivity index is 1.99. The van der Waals surface area contributed by atoms with Crippen LogP contribution in [0.4, 0.5) is 8.78 Å². The van der Waals surface area contributed by atoms with Gasteiger partial charge in [0.05, 0.1) is 11.0 Å². The molecule has 0 aliphatic carbocycles. The molecule has 0 saturated carbocycles. The van der Waals surface area contributed by atoms with Crippen LogP contribution < -0.4 is 9.47 Å². The number of rotatable bonds is 10. The predicted octanol–water partition coefficient (Wildman–Crippen LogP) is 4.70. The Labute approximate surface area is 202 Å². The van der Waals surface area contributed by atoms with Gasteiger partial charge in [0.25, 0.3) is 0 Å². The van der Waals surface area contributed by atoms with Gasteiger partial charge >= 0.3 is 5.97 Å². The van der Waals surface area contributed by atoms with Gasteiger partial charge in [0.2, 0.25) is 10.0 Å². The van der Waals surface area contributed by atoms with E-state index in [1.165, 1.54) is 37.4 Å². The van der Waals surface area contributed by atoms with Crippen LogP contribution in [-0.4, -0.2) is 43.6 Å². The molecule has 10 heteroatoms. The lowest BCUT2D eigenvalue weighted by Gasteiger charge is -2.19. The highest BCUT2D eigenvalue weighted by molar-refractivity contribution is 7.89. The molecule has 3 aromatic carbocycles. The van der Waals surface area contributed by atoms with Gasteiger partial charge in [-0.25, -0.2) is 22.0 Å². The minimum Gasteiger partial charge on any atom is -0.491 e. The third-order valence-electron chi connectivity index (χ3n) is 4.88. The molecule has 1 N–H and O–H groups in total. The van der Waals surface area contributed by atoms with Crippen LogP contribution in [0.2, 0.25) is 0 Å². The molecule has 0 aromatic heterocycles. The Hall–Kier alpha value is -3.50. The van der Waals surface area contributed by atoms with Crippen molar-refractivity contribution in [3.8, 4) is 22.6 Å². The molecule has 0 bridgehead atoms. The topological polar surface area (TPSA) is 93.1 Å². The van der Waals surface area contributed by atoms with E-state index < -0.39 is 34.2 Å². The van der Waals surface area contributed by atoms with Crippen molar-refractivity contribution < 1.29 is 36.6 Å². The van der Waals surface area contributed by atoms with E-state index in [0.717, 1.165) is 16.4 Å². The van der Waals surface area contributed by atoms with Crippen molar-refractivity contribution in [3.63, 3.8) is 0 Å². The lowest BCUT2D eigenvalue weighted by molar-refractivity contribution is -0.139. The summed E-state index contributed by atoms with van der Waals surface area (Å²) >= 11 is 0. The molecule has 0 saturated heterocycles. The van der Waals surface area contributed by atoms with Crippen LogP contribution in [0, 0.1) is 11.6 Å². The Morgan fingerprint density at radius 3 is 2.31 bits per heavy atom. The lowest BCUT2D eigenvalue weighted by Crippen LogP contribution is -2.26. The van der Waals surface area contributed by atoms with Gasteiger partial charge in [-0.3, -0.25) is 0 Å². The summed E-state index contributed by atoms with van der Waals surface area (Å²) in [6.07, 6.45) is -0.205. The minimum atomic E-state index is -3.91. The number of halogens is 2. The minimum absolute atomic E-state index is 0.0589. The molecular weight excluding hydrogens is 480 g/mol. The molecule has 186 valence electrons. The van der Waals surface area contributed by atoms with Gasteiger partial charge in [-0.15, -0.1) is 0 Å². The molecule has 35 heavy (non-hydrogen) atoms. The molecule has 0 fully saturated rings. The Morgan fingerprint density at radius 1 is 1.00 bits per heavy atom. The van der Waals surface area contributed by atoms with E-state index in [1.807, 2.05) is 0 Å². The Morgan fingerprint density at radius 2 is 1.69 bits per heavy atom. The molecule has 3 rings (SSSR count). The number of aliphatic carboxylic acids is 1. The number of hydrogen-bond donors (Lipinski definition) is 1. The fourth-order valence-electron chi connectivity index (χ4n) is 3.35. The van der Waals surface area contributed by atoms with Gasteiger partial charge in [-0.2, -0.15) is 4.31 Å². The third kappa shape index (κ3) is 6.77. The summed E-state index contributed by atoms with van der Waals surface area (Å²) in [4.78, 5) is 11.0. The number of carbonyl (C=O) groups is 1. The second-order valence-corrected chi connectivity index (χ2v) is 10.1. The standard InChI is InChI=1S/C25H25F2NO6S/c1-16(2)34-21-12-18(11-20(27)13-21)23-10-17(4-9-24(23)33-15-25(29)30)14-28(3)35(31,32)22-7-5-19(26)6-8-22/h4-13,16H,14-15H2,1-3H3,(H,29,30). The van der Waals surface area contributed by atoms with Crippen LogP contribution >= 0.6 is 0 Å². The van der Waals surface area contributed by atoms with Crippen molar-refractivity contribution in [2.45, 2.75) is 31.4 Å². The van der Waals surface area contributed by atoms with Crippen LogP contribution in [0.5, 0.6) is 11.5 Å². The van der Waals surface area contributed by atoms with Crippen molar-refractivity contribution in [2.24, 2.45) is 0 Å². The van der Waals surface area contributed by atoms with E-state index in [1.54, 1.807) is 32.0 Å². The Bertz CT molecular complexity index is 1310. The van der Waals surface area contributed by atoms with Gasteiger partial charge in [0.15, 0.2) is 6.61 Å². The number of benzene rings is 3. The van der Waals surface area contributed by atoms with E-state index in [9.17, 15) is 22.0 Å². The SMILES string of the molecule is CC(C)Oc1cc(F)cc(-c2cc(CN(C)S(=O)(=O)c3ccc(F)cc3)ccc2OCC(=O)O)c1. The Kier molecular flexibility index (Phi) is 8.08. The summed E-state index contributed by atoms with van der Waals surface area (Å²) in [5.41, 5.74) is 1.27. The molecule has 7 nitrogen and oxygen atoms in total. The first-order valence-corrected chi connectivity index (χ1v) is 12.1. The average molecular weight is 506 g/mol. The zero-order valence-corrected chi connectivity index (χ0v) is 20.2. The normalized spacial score (nSPS) is 11.6. The van der Waals surface area contributed by atoms with Crippen LogP contribution in [-0.2, 0) is 21.4 Å². The molecule has 0 spiro atoms. The van der Waals surface area contributed by atoms with Crippen LogP contribution in [0.3, 0.4) is 0 Å². The van der Waals surface area contributed by atoms with E-state index in [2.05, 4.69) is 0 Å². The largest absolute Gasteiger partial charge is 0.491 e. The smallest absolute Gasteiger partial charge is 0.341 e. The van der Waals surface area contributed by atoms with Gasteiger partial charge in [0, 0.05) is 25.2 Å². The molecule has 3 aromatic rings. The molecule has 0 radical (unpaired) electrons. The zero-order valence-electron chi connectivity index (χ0n) is 19.4. The van der Waals surface area contributed by atoms with Crippen molar-refractivity contribution in [3.05, 3.63) is 77.9 Å². The summed E-state index contributed by atoms with van der Waals surface area (Å²) < 4.78 is 65.4. The molecule has 0 heterocycles. The van der Waals surface area contributed by atoms with E-state index in [4.69, 9.17) is 14.6 Å². The summed E-state index contributed by atoms with van der Waals surface area (Å²) in [7, 11) is -2.53. The van der Waals surface area contributed by atoms with Crippen molar-refractivity contribution in [2.75, 3.05) is 13.7 Å². The first kappa shape index (κ1) is 26.1. The second kappa shape index (κ2) is 10.8. The van der Waals surface area contributed by atoms with Gasteiger partial charge in [0.1, 0.15) is 23.1 Å². The number of nitrogens with zero attached hydrogens (tertiary/aromatic N) is 1. The van der Waals surface area contributed by atoms with Crippen LogP contribution in [0.15, 0.2) is 65.6 Å². The van der Waals surface area contributed by atoms with Gasteiger partial charge in [-0.05, 0) is 73.5 Å². The number of hydrogen-bond acceptors (Lipinski definition) is 5. The first-order valence-electron chi connectivity index (χ1n) is 10.6. The third-order valence-corrected chi connectivity index (χ3v) is 6.69. The molecule has 0 aliphatic rings. The molecular formula is C25H25F2NO6S. The number of carboxylic acid groups (broad SMARTS) is 1. The molecule has 0 atom stereocenters. The van der Waals surface area contributed by atoms with Crippen molar-refractivity contribution >= 4 is 16.0 Å². The summed E-state index contributed by atoms with van der Waals surface area (Å²) in [6, 6.07) is 13.2. The highest BCUT2D eigenvalue weighted by Gasteiger charge is 2.22. The zero-order chi connectivity index (χ0) is 25.8. The summed E-state index contributed by atoms with van der Waals surface area (Å²) in [6.45, 7) is 2.92. The average Bonchev–Trinajstić information content (AvgIpc) is 2.77. The highest BCUT2D eigenvalue weighted by atomic mass is 32.2. The highest BCUT2D eigenvalue weighted by Crippen LogP contribution is 2.35. The number of sulfonamides is 1. The maximum absolute atomic E-state index is 14.4. The van der Waals surface area contributed by atoms with E-state index in [0.29, 0.717) is 16.7 Å². The maximum Gasteiger partial charge on any atom is 0.341 e. The van der Waals surface area contributed by atoms with Crippen LogP contribution in [0.25, 0.3) is 11.1 Å². The summed E-state index contributed by atoms with van der Waals surface area (Å²) in [5.74, 6) is -1.84. The maximum atomic E-state index is 14.4. The number of carboxylic acids is 1. The van der Waals surface area contributed by atoms with E-state index in [-0.39, 0.29) is 29.0 Å². The van der Waals surface area contributed by atoms with Crippen LogP contribution in [0.1, 0.15) is 19.4 Å². The quantitative estimate of drug-likeness (QED) is 0.429. The second-order valence-electron chi connectivity index (χ2n) is 8.07. The lowest BCUT2D eigenvalue weighted by atomic mass is 10.0. The monoisotopic (exact) mass is 505 g/mol. The molecule has 0 unspecified atom stereocenters. The predicted molar refractivity (Wildman–Crippen MR) is 126 cm³/mol. The van der Waals surface area contributed by atoms with Crippen molar-refractivity contribution in [1.29, 1.82) is 0 Å².